The number of hydrogen-bond acceptors (Lipinski definition) is 5. The Morgan fingerprint density at radius 1 is 1.04 bits per heavy atom. The summed E-state index contributed by atoms with van der Waals surface area (Å²) in [5.74, 6) is -0.0371. The van der Waals surface area contributed by atoms with Crippen molar-refractivity contribution in [2.75, 3.05) is 4.90 Å². The second-order valence-electron chi connectivity index (χ2n) is 6.20. The molecule has 1 aliphatic heterocycles. The van der Waals surface area contributed by atoms with Crippen LogP contribution in [-0.2, 0) is 6.18 Å². The molecule has 3 rings (SSSR count). The largest absolute Gasteiger partial charge is 0.417 e. The van der Waals surface area contributed by atoms with Crippen LogP contribution in [0.25, 0.3) is 0 Å². The minimum Gasteiger partial charge on any atom is -0.369 e. The molecule has 4 N–H and O–H groups in total. The molecular weight excluding hydrogens is 414 g/mol. The summed E-state index contributed by atoms with van der Waals surface area (Å²) in [7, 11) is 0. The van der Waals surface area contributed by atoms with Gasteiger partial charge in [0.2, 0.25) is 11.9 Å². The first-order valence-electron chi connectivity index (χ1n) is 7.81. The minimum absolute atomic E-state index is 0.00547. The van der Waals surface area contributed by atoms with Crippen LogP contribution >= 0.6 is 34.8 Å². The summed E-state index contributed by atoms with van der Waals surface area (Å²) >= 11 is 18.3. The van der Waals surface area contributed by atoms with Crippen LogP contribution in [0, 0.1) is 0 Å². The average molecular weight is 429 g/mol. The number of rotatable bonds is 1. The Labute approximate surface area is 162 Å². The van der Waals surface area contributed by atoms with Crippen molar-refractivity contribution in [1.29, 1.82) is 0 Å². The van der Waals surface area contributed by atoms with Gasteiger partial charge in [0.15, 0.2) is 0 Å². The number of guanidine groups is 2. The van der Waals surface area contributed by atoms with Crippen molar-refractivity contribution in [2.24, 2.45) is 21.5 Å². The molecule has 0 radical (unpaired) electrons. The second kappa shape index (κ2) is 6.65. The summed E-state index contributed by atoms with van der Waals surface area (Å²) in [5.41, 5.74) is 9.85. The second-order valence-corrected chi connectivity index (χ2v) is 7.36. The molecule has 1 aromatic carbocycles. The first-order valence-corrected chi connectivity index (χ1v) is 8.94. The molecule has 1 fully saturated rings. The quantitative estimate of drug-likeness (QED) is 0.632. The van der Waals surface area contributed by atoms with Crippen molar-refractivity contribution in [3.05, 3.63) is 26.7 Å². The fourth-order valence-corrected chi connectivity index (χ4v) is 4.32. The highest BCUT2D eigenvalue weighted by Crippen LogP contribution is 2.50. The third-order valence-corrected chi connectivity index (χ3v) is 5.66. The maximum absolute atomic E-state index is 13.2. The maximum atomic E-state index is 13.2. The summed E-state index contributed by atoms with van der Waals surface area (Å²) in [6.07, 6.45) is -0.869. The van der Waals surface area contributed by atoms with E-state index in [2.05, 4.69) is 9.98 Å². The van der Waals surface area contributed by atoms with E-state index in [9.17, 15) is 13.2 Å². The lowest BCUT2D eigenvalue weighted by atomic mass is 9.87. The molecule has 26 heavy (non-hydrogen) atoms. The van der Waals surface area contributed by atoms with Gasteiger partial charge in [-0.15, -0.1) is 0 Å². The van der Waals surface area contributed by atoms with Crippen LogP contribution < -0.4 is 16.4 Å². The number of anilines is 1. The number of nitrogens with two attached hydrogens (primary N) is 2. The Bertz CT molecular complexity index is 801. The van der Waals surface area contributed by atoms with E-state index < -0.39 is 22.4 Å². The smallest absolute Gasteiger partial charge is 0.369 e. The van der Waals surface area contributed by atoms with Crippen molar-refractivity contribution in [3.63, 3.8) is 0 Å². The van der Waals surface area contributed by atoms with Crippen LogP contribution in [0.1, 0.15) is 37.7 Å². The van der Waals surface area contributed by atoms with Crippen molar-refractivity contribution >= 4 is 52.4 Å². The van der Waals surface area contributed by atoms with E-state index in [1.165, 1.54) is 4.90 Å². The molecule has 0 saturated heterocycles. The van der Waals surface area contributed by atoms with Gasteiger partial charge in [-0.05, 0) is 31.7 Å². The fourth-order valence-electron chi connectivity index (χ4n) is 3.44. The highest BCUT2D eigenvalue weighted by Gasteiger charge is 2.45. The highest BCUT2D eigenvalue weighted by atomic mass is 35.5. The van der Waals surface area contributed by atoms with Gasteiger partial charge >= 0.3 is 6.18 Å². The summed E-state index contributed by atoms with van der Waals surface area (Å²) in [6, 6.07) is 0.733. The van der Waals surface area contributed by atoms with E-state index >= 15 is 0 Å². The topological polar surface area (TPSA) is 80.0 Å². The lowest BCUT2D eigenvalue weighted by Gasteiger charge is -2.46. The Balaban J connectivity index is 2.21. The third kappa shape index (κ3) is 3.18. The molecule has 5 nitrogen and oxygen atoms in total. The molecule has 142 valence electrons. The van der Waals surface area contributed by atoms with Crippen molar-refractivity contribution in [3.8, 4) is 0 Å². The first-order chi connectivity index (χ1) is 12.1. The number of halogens is 6. The molecule has 1 spiro atoms. The zero-order chi connectivity index (χ0) is 19.3. The van der Waals surface area contributed by atoms with Crippen molar-refractivity contribution in [1.82, 2.24) is 0 Å². The summed E-state index contributed by atoms with van der Waals surface area (Å²) in [4.78, 5) is 9.83. The Kier molecular flexibility index (Phi) is 4.96. The normalized spacial score (nSPS) is 20.2. The fraction of sp³-hybridized carbons (Fsp3) is 0.467. The first kappa shape index (κ1) is 19.4. The number of hydrogen-bond donors (Lipinski definition) is 2. The van der Waals surface area contributed by atoms with Crippen LogP contribution in [0.15, 0.2) is 16.1 Å². The van der Waals surface area contributed by atoms with Gasteiger partial charge in [-0.2, -0.15) is 18.2 Å². The van der Waals surface area contributed by atoms with E-state index in [0.29, 0.717) is 12.8 Å². The van der Waals surface area contributed by atoms with Crippen LogP contribution in [0.5, 0.6) is 0 Å². The Morgan fingerprint density at radius 3 is 2.23 bits per heavy atom. The monoisotopic (exact) mass is 427 g/mol. The van der Waals surface area contributed by atoms with E-state index in [1.807, 2.05) is 0 Å². The number of aliphatic imine (C=N–C) groups is 2. The minimum atomic E-state index is -4.70. The van der Waals surface area contributed by atoms with Crippen LogP contribution in [-0.4, -0.2) is 17.6 Å². The molecule has 0 unspecified atom stereocenters. The van der Waals surface area contributed by atoms with Crippen LogP contribution in [0.4, 0.5) is 18.9 Å². The lowest BCUT2D eigenvalue weighted by molar-refractivity contribution is -0.137. The Morgan fingerprint density at radius 2 is 1.65 bits per heavy atom. The zero-order valence-corrected chi connectivity index (χ0v) is 15.6. The van der Waals surface area contributed by atoms with E-state index in [-0.39, 0.29) is 27.7 Å². The molecule has 1 aromatic rings. The molecule has 11 heteroatoms. The summed E-state index contributed by atoms with van der Waals surface area (Å²) in [6.45, 7) is 0. The van der Waals surface area contributed by atoms with Gasteiger partial charge in [0.25, 0.3) is 0 Å². The number of benzene rings is 1. The van der Waals surface area contributed by atoms with Gasteiger partial charge in [0, 0.05) is 0 Å². The van der Waals surface area contributed by atoms with Crippen molar-refractivity contribution in [2.45, 2.75) is 43.9 Å². The molecular formula is C15H15Cl3F3N5. The Hall–Kier alpha value is -1.38. The molecule has 2 aliphatic rings. The molecule has 1 aliphatic carbocycles. The van der Waals surface area contributed by atoms with E-state index in [1.54, 1.807) is 0 Å². The number of alkyl halides is 3. The predicted molar refractivity (Wildman–Crippen MR) is 98.0 cm³/mol. The average Bonchev–Trinajstić information content (AvgIpc) is 2.53. The molecule has 0 amide bonds. The van der Waals surface area contributed by atoms with Gasteiger partial charge in [0.1, 0.15) is 5.66 Å². The van der Waals surface area contributed by atoms with Crippen LogP contribution in [0.3, 0.4) is 0 Å². The SMILES string of the molecule is NC1=NC2(CCCCC2)N(c2c(Cl)cc(C(F)(F)F)c(Cl)c2Cl)C(N)=N1. The van der Waals surface area contributed by atoms with Crippen LogP contribution in [0.2, 0.25) is 15.1 Å². The van der Waals surface area contributed by atoms with Gasteiger partial charge in [0.05, 0.1) is 26.3 Å². The van der Waals surface area contributed by atoms with Gasteiger partial charge in [-0.3, -0.25) is 4.90 Å². The molecule has 1 saturated carbocycles. The van der Waals surface area contributed by atoms with Gasteiger partial charge in [-0.25, -0.2) is 4.99 Å². The molecule has 0 atom stereocenters. The number of nitrogens with zero attached hydrogens (tertiary/aromatic N) is 3. The summed E-state index contributed by atoms with van der Waals surface area (Å²) in [5, 5.41) is -1.25. The molecule has 0 aromatic heterocycles. The van der Waals surface area contributed by atoms with Gasteiger partial charge < -0.3 is 11.5 Å². The van der Waals surface area contributed by atoms with E-state index in [0.717, 1.165) is 25.3 Å². The molecule has 0 bridgehead atoms. The molecule has 1 heterocycles. The van der Waals surface area contributed by atoms with E-state index in [4.69, 9.17) is 46.3 Å². The lowest BCUT2D eigenvalue weighted by Crippen LogP contribution is -2.58. The standard InChI is InChI=1S/C15H15Cl3F3N5/c16-8-6-7(15(19,20)21)9(17)10(18)11(8)26-13(23)24-12(22)25-14(26)4-2-1-3-5-14/h6H,1-5H2,(H4,22,23,24,25). The summed E-state index contributed by atoms with van der Waals surface area (Å²) < 4.78 is 39.5. The zero-order valence-electron chi connectivity index (χ0n) is 13.4. The van der Waals surface area contributed by atoms with Gasteiger partial charge in [-0.1, -0.05) is 41.2 Å². The maximum Gasteiger partial charge on any atom is 0.417 e. The van der Waals surface area contributed by atoms with Crippen molar-refractivity contribution < 1.29 is 13.2 Å². The predicted octanol–water partition coefficient (Wildman–Crippen LogP) is 4.78. The highest BCUT2D eigenvalue weighted by molar-refractivity contribution is 6.47. The third-order valence-electron chi connectivity index (χ3n) is 4.51.